The van der Waals surface area contributed by atoms with Crippen LogP contribution in [-0.4, -0.2) is 24.1 Å². The Bertz CT molecular complexity index is 276. The highest BCUT2D eigenvalue weighted by atomic mass is 32.1. The molecule has 3 nitrogen and oxygen atoms in total. The van der Waals surface area contributed by atoms with E-state index >= 15 is 0 Å². The van der Waals surface area contributed by atoms with Gasteiger partial charge >= 0.3 is 0 Å². The van der Waals surface area contributed by atoms with E-state index in [0.717, 1.165) is 6.61 Å². The summed E-state index contributed by atoms with van der Waals surface area (Å²) in [5, 5.41) is 5.41. The third-order valence-corrected chi connectivity index (χ3v) is 3.50. The van der Waals surface area contributed by atoms with E-state index < -0.39 is 0 Å². The summed E-state index contributed by atoms with van der Waals surface area (Å²) in [6, 6.07) is 0.297. The van der Waals surface area contributed by atoms with Gasteiger partial charge in [0.05, 0.1) is 12.1 Å². The third-order valence-electron chi connectivity index (χ3n) is 2.89. The predicted octanol–water partition coefficient (Wildman–Crippen LogP) is 1.83. The van der Waals surface area contributed by atoms with Gasteiger partial charge in [0, 0.05) is 23.7 Å². The molecule has 0 aliphatic carbocycles. The number of rotatable bonds is 3. The van der Waals surface area contributed by atoms with Crippen molar-refractivity contribution in [3.05, 3.63) is 17.1 Å². The summed E-state index contributed by atoms with van der Waals surface area (Å²) in [5.41, 5.74) is 1.25. The Hall–Kier alpha value is -0.450. The number of likely N-dealkylation sites (N-methyl/N-ethyl adjacent to an activating group) is 1. The van der Waals surface area contributed by atoms with Gasteiger partial charge in [-0.3, -0.25) is 0 Å². The Balaban J connectivity index is 2.13. The van der Waals surface area contributed by atoms with Crippen LogP contribution in [0.3, 0.4) is 0 Å². The van der Waals surface area contributed by atoms with E-state index in [1.54, 1.807) is 0 Å². The number of aromatic nitrogens is 1. The molecule has 0 spiro atoms. The lowest BCUT2D eigenvalue weighted by Crippen LogP contribution is -2.32. The maximum atomic E-state index is 5.76. The molecule has 1 aliphatic rings. The van der Waals surface area contributed by atoms with Crippen LogP contribution in [0.15, 0.2) is 11.6 Å². The van der Waals surface area contributed by atoms with E-state index in [-0.39, 0.29) is 0 Å². The first kappa shape index (κ1) is 10.1. The Morgan fingerprint density at radius 3 is 3.07 bits per heavy atom. The first-order valence-electron chi connectivity index (χ1n) is 5.01. The predicted molar refractivity (Wildman–Crippen MR) is 57.4 cm³/mol. The Labute approximate surface area is 88.6 Å². The standard InChI is InChI=1S/C10H16N2OS/c1-7-3-4-13-10(7)9(11-2)8-5-12-14-6-8/h5-7,9-11H,3-4H2,1-2H3. The monoisotopic (exact) mass is 212 g/mol. The van der Waals surface area contributed by atoms with Crippen molar-refractivity contribution >= 4 is 11.5 Å². The molecule has 3 unspecified atom stereocenters. The zero-order chi connectivity index (χ0) is 9.97. The molecule has 2 heterocycles. The lowest BCUT2D eigenvalue weighted by Gasteiger charge is -2.24. The summed E-state index contributed by atoms with van der Waals surface area (Å²) in [7, 11) is 1.98. The average molecular weight is 212 g/mol. The molecular weight excluding hydrogens is 196 g/mol. The summed E-state index contributed by atoms with van der Waals surface area (Å²) in [4.78, 5) is 0. The fraction of sp³-hybridized carbons (Fsp3) is 0.700. The van der Waals surface area contributed by atoms with Gasteiger partial charge in [0.15, 0.2) is 0 Å². The van der Waals surface area contributed by atoms with Crippen molar-refractivity contribution in [2.24, 2.45) is 5.92 Å². The highest BCUT2D eigenvalue weighted by Crippen LogP contribution is 2.31. The van der Waals surface area contributed by atoms with E-state index in [1.807, 2.05) is 13.2 Å². The molecule has 0 radical (unpaired) electrons. The third kappa shape index (κ3) is 1.82. The van der Waals surface area contributed by atoms with Crippen molar-refractivity contribution < 1.29 is 4.74 Å². The number of hydrogen-bond donors (Lipinski definition) is 1. The summed E-state index contributed by atoms with van der Waals surface area (Å²) in [5.74, 6) is 0.632. The molecule has 1 N–H and O–H groups in total. The molecule has 1 aromatic heterocycles. The van der Waals surface area contributed by atoms with Crippen molar-refractivity contribution in [2.45, 2.75) is 25.5 Å². The SMILES string of the molecule is CNC(c1cnsc1)C1OCCC1C. The summed E-state index contributed by atoms with van der Waals surface area (Å²) in [6.07, 6.45) is 3.40. The highest BCUT2D eigenvalue weighted by Gasteiger charge is 2.32. The maximum Gasteiger partial charge on any atom is 0.0796 e. The fourth-order valence-corrected chi connectivity index (χ4v) is 2.60. The van der Waals surface area contributed by atoms with Crippen LogP contribution in [0.2, 0.25) is 0 Å². The van der Waals surface area contributed by atoms with Crippen LogP contribution in [0.25, 0.3) is 0 Å². The molecule has 4 heteroatoms. The Morgan fingerprint density at radius 1 is 1.71 bits per heavy atom. The molecule has 78 valence electrons. The molecule has 3 atom stereocenters. The summed E-state index contributed by atoms with van der Waals surface area (Å²) >= 11 is 1.50. The van der Waals surface area contributed by atoms with Gasteiger partial charge in [-0.1, -0.05) is 6.92 Å². The zero-order valence-electron chi connectivity index (χ0n) is 8.56. The Morgan fingerprint density at radius 2 is 2.57 bits per heavy atom. The van der Waals surface area contributed by atoms with Crippen molar-refractivity contribution in [3.8, 4) is 0 Å². The van der Waals surface area contributed by atoms with Crippen molar-refractivity contribution in [1.29, 1.82) is 0 Å². The highest BCUT2D eigenvalue weighted by molar-refractivity contribution is 7.03. The topological polar surface area (TPSA) is 34.2 Å². The quantitative estimate of drug-likeness (QED) is 0.830. The molecule has 0 bridgehead atoms. The van der Waals surface area contributed by atoms with Crippen LogP contribution in [0.4, 0.5) is 0 Å². The van der Waals surface area contributed by atoms with Gasteiger partial charge in [-0.2, -0.15) is 0 Å². The van der Waals surface area contributed by atoms with E-state index in [9.17, 15) is 0 Å². The molecule has 0 amide bonds. The first-order chi connectivity index (χ1) is 6.83. The molecule has 1 fully saturated rings. The molecule has 0 aromatic carbocycles. The lowest BCUT2D eigenvalue weighted by molar-refractivity contribution is 0.0632. The minimum absolute atomic E-state index is 0.297. The zero-order valence-corrected chi connectivity index (χ0v) is 9.38. The second-order valence-electron chi connectivity index (χ2n) is 3.83. The van der Waals surface area contributed by atoms with Crippen LogP contribution >= 0.6 is 11.5 Å². The van der Waals surface area contributed by atoms with Gasteiger partial charge in [-0.15, -0.1) is 0 Å². The van der Waals surface area contributed by atoms with Crippen LogP contribution in [0.1, 0.15) is 24.9 Å². The van der Waals surface area contributed by atoms with Gasteiger partial charge in [0.1, 0.15) is 0 Å². The summed E-state index contributed by atoms with van der Waals surface area (Å²) < 4.78 is 9.89. The molecule has 2 rings (SSSR count). The maximum absolute atomic E-state index is 5.76. The Kier molecular flexibility index (Phi) is 3.15. The van der Waals surface area contributed by atoms with Crippen LogP contribution < -0.4 is 5.32 Å². The number of hydrogen-bond acceptors (Lipinski definition) is 4. The second-order valence-corrected chi connectivity index (χ2v) is 4.48. The molecule has 1 aromatic rings. The molecular formula is C10H16N2OS. The van der Waals surface area contributed by atoms with E-state index in [0.29, 0.717) is 18.1 Å². The molecule has 14 heavy (non-hydrogen) atoms. The molecule has 0 saturated carbocycles. The minimum Gasteiger partial charge on any atom is -0.376 e. The van der Waals surface area contributed by atoms with E-state index in [4.69, 9.17) is 4.74 Å². The van der Waals surface area contributed by atoms with Crippen molar-refractivity contribution in [1.82, 2.24) is 9.69 Å². The first-order valence-corrected chi connectivity index (χ1v) is 5.84. The van der Waals surface area contributed by atoms with Crippen molar-refractivity contribution in [3.63, 3.8) is 0 Å². The normalized spacial score (nSPS) is 29.3. The van der Waals surface area contributed by atoms with Crippen LogP contribution in [0, 0.1) is 5.92 Å². The number of ether oxygens (including phenoxy) is 1. The lowest BCUT2D eigenvalue weighted by atomic mass is 9.94. The van der Waals surface area contributed by atoms with Gasteiger partial charge in [-0.25, -0.2) is 4.37 Å². The van der Waals surface area contributed by atoms with Crippen molar-refractivity contribution in [2.75, 3.05) is 13.7 Å². The van der Waals surface area contributed by atoms with Gasteiger partial charge in [0.25, 0.3) is 0 Å². The van der Waals surface area contributed by atoms with Crippen LogP contribution in [0.5, 0.6) is 0 Å². The fourth-order valence-electron chi connectivity index (χ4n) is 2.03. The number of nitrogens with zero attached hydrogens (tertiary/aromatic N) is 1. The smallest absolute Gasteiger partial charge is 0.0796 e. The van der Waals surface area contributed by atoms with Gasteiger partial charge in [-0.05, 0) is 30.9 Å². The van der Waals surface area contributed by atoms with Gasteiger partial charge < -0.3 is 10.1 Å². The minimum atomic E-state index is 0.297. The number of nitrogens with one attached hydrogen (secondary N) is 1. The van der Waals surface area contributed by atoms with E-state index in [2.05, 4.69) is 22.0 Å². The second kappa shape index (κ2) is 4.38. The largest absolute Gasteiger partial charge is 0.376 e. The molecule has 1 aliphatic heterocycles. The van der Waals surface area contributed by atoms with Crippen LogP contribution in [-0.2, 0) is 4.74 Å². The average Bonchev–Trinajstić information content (AvgIpc) is 2.80. The van der Waals surface area contributed by atoms with Gasteiger partial charge in [0.2, 0.25) is 0 Å². The van der Waals surface area contributed by atoms with E-state index in [1.165, 1.54) is 23.5 Å². The summed E-state index contributed by atoms with van der Waals surface area (Å²) in [6.45, 7) is 3.14. The molecule has 1 saturated heterocycles.